The van der Waals surface area contributed by atoms with E-state index in [-0.39, 0.29) is 17.6 Å². The van der Waals surface area contributed by atoms with Crippen LogP contribution in [-0.4, -0.2) is 17.6 Å². The average Bonchev–Trinajstić information content (AvgIpc) is 2.80. The predicted molar refractivity (Wildman–Crippen MR) is 119 cm³/mol. The van der Waals surface area contributed by atoms with Gasteiger partial charge in [0.2, 0.25) is 5.91 Å². The Hall–Kier alpha value is -2.98. The number of fused-ring (bicyclic) bond motifs is 1. The molecule has 3 aromatic carbocycles. The Morgan fingerprint density at radius 1 is 0.897 bits per heavy atom. The zero-order chi connectivity index (χ0) is 20.7. The van der Waals surface area contributed by atoms with E-state index < -0.39 is 0 Å². The summed E-state index contributed by atoms with van der Waals surface area (Å²) in [4.78, 5) is 17.3. The number of rotatable bonds is 2. The van der Waals surface area contributed by atoms with Gasteiger partial charge in [0, 0.05) is 22.9 Å². The lowest BCUT2D eigenvalue weighted by molar-refractivity contribution is -0.120. The quantitative estimate of drug-likeness (QED) is 0.558. The molecule has 0 bridgehead atoms. The lowest BCUT2D eigenvalue weighted by atomic mass is 10.1. The van der Waals surface area contributed by atoms with Gasteiger partial charge in [-0.3, -0.25) is 9.69 Å². The maximum absolute atomic E-state index is 13.4. The number of hydrogen-bond acceptors (Lipinski definition) is 3. The van der Waals surface area contributed by atoms with Gasteiger partial charge in [-0.05, 0) is 79.6 Å². The molecule has 1 aliphatic rings. The molecule has 4 rings (SSSR count). The van der Waals surface area contributed by atoms with Crippen molar-refractivity contribution in [3.8, 4) is 5.75 Å². The van der Waals surface area contributed by atoms with Gasteiger partial charge in [0.15, 0.2) is 0 Å². The highest BCUT2D eigenvalue weighted by molar-refractivity contribution is 6.31. The Morgan fingerprint density at radius 2 is 1.59 bits per heavy atom. The van der Waals surface area contributed by atoms with Gasteiger partial charge in [0.05, 0.1) is 17.3 Å². The van der Waals surface area contributed by atoms with Crippen LogP contribution in [0, 0.1) is 19.8 Å². The van der Waals surface area contributed by atoms with Crippen molar-refractivity contribution in [3.63, 3.8) is 0 Å². The number of phenolic OH excluding ortho intramolecular Hbond substituents is 1. The molecule has 1 amide bonds. The summed E-state index contributed by atoms with van der Waals surface area (Å²) in [6, 6.07) is 18.7. The standard InChI is InChI=1S/C24H23ClN2O2/c1-15-4-6-20(12-16(15)2)27-22-11-5-18(25)13-23(22)26(14-17(3)24(27)29)19-7-9-21(28)10-8-19/h4-13,17,28H,14H2,1-3H3. The number of anilines is 4. The van der Waals surface area contributed by atoms with Crippen LogP contribution in [0.5, 0.6) is 5.75 Å². The van der Waals surface area contributed by atoms with Crippen molar-refractivity contribution >= 4 is 40.3 Å². The Kier molecular flexibility index (Phi) is 4.97. The molecule has 0 spiro atoms. The number of phenols is 1. The molecule has 0 aromatic heterocycles. The summed E-state index contributed by atoms with van der Waals surface area (Å²) in [7, 11) is 0. The molecule has 1 N–H and O–H groups in total. The van der Waals surface area contributed by atoms with Gasteiger partial charge in [-0.25, -0.2) is 0 Å². The minimum atomic E-state index is -0.239. The van der Waals surface area contributed by atoms with E-state index in [1.54, 1.807) is 17.0 Å². The number of carbonyl (C=O) groups excluding carboxylic acids is 1. The summed E-state index contributed by atoms with van der Waals surface area (Å²) >= 11 is 6.35. The average molecular weight is 407 g/mol. The van der Waals surface area contributed by atoms with Gasteiger partial charge in [-0.2, -0.15) is 0 Å². The molecule has 1 aliphatic heterocycles. The molecule has 148 valence electrons. The van der Waals surface area contributed by atoms with E-state index in [0.717, 1.165) is 28.3 Å². The number of aryl methyl sites for hydroxylation is 2. The number of halogens is 1. The Morgan fingerprint density at radius 3 is 2.28 bits per heavy atom. The second-order valence-corrected chi connectivity index (χ2v) is 8.04. The van der Waals surface area contributed by atoms with Crippen LogP contribution in [0.15, 0.2) is 60.7 Å². The molecular formula is C24H23ClN2O2. The second-order valence-electron chi connectivity index (χ2n) is 7.60. The summed E-state index contributed by atoms with van der Waals surface area (Å²) in [6.45, 7) is 6.57. The van der Waals surface area contributed by atoms with Gasteiger partial charge in [0.1, 0.15) is 5.75 Å². The summed E-state index contributed by atoms with van der Waals surface area (Å²) < 4.78 is 0. The van der Waals surface area contributed by atoms with Crippen LogP contribution >= 0.6 is 11.6 Å². The van der Waals surface area contributed by atoms with Crippen LogP contribution < -0.4 is 9.80 Å². The van der Waals surface area contributed by atoms with Crippen molar-refractivity contribution in [1.29, 1.82) is 0 Å². The van der Waals surface area contributed by atoms with Gasteiger partial charge in [-0.1, -0.05) is 24.6 Å². The monoisotopic (exact) mass is 406 g/mol. The number of benzene rings is 3. The molecule has 4 nitrogen and oxygen atoms in total. The third-order valence-corrected chi connectivity index (χ3v) is 5.71. The number of nitrogens with zero attached hydrogens (tertiary/aromatic N) is 2. The largest absolute Gasteiger partial charge is 0.508 e. The lowest BCUT2D eigenvalue weighted by Gasteiger charge is -2.27. The van der Waals surface area contributed by atoms with Crippen LogP contribution in [0.3, 0.4) is 0 Å². The Balaban J connectivity index is 1.92. The predicted octanol–water partition coefficient (Wildman–Crippen LogP) is 6.11. The van der Waals surface area contributed by atoms with E-state index in [9.17, 15) is 9.90 Å². The summed E-state index contributed by atoms with van der Waals surface area (Å²) in [6.07, 6.45) is 0. The van der Waals surface area contributed by atoms with E-state index in [2.05, 4.69) is 24.8 Å². The molecule has 0 radical (unpaired) electrons. The van der Waals surface area contributed by atoms with E-state index in [4.69, 9.17) is 11.6 Å². The minimum absolute atomic E-state index is 0.0399. The lowest BCUT2D eigenvalue weighted by Crippen LogP contribution is -2.33. The maximum atomic E-state index is 13.4. The molecule has 0 aliphatic carbocycles. The first-order valence-electron chi connectivity index (χ1n) is 9.62. The smallest absolute Gasteiger partial charge is 0.236 e. The fourth-order valence-electron chi connectivity index (χ4n) is 3.70. The molecule has 29 heavy (non-hydrogen) atoms. The minimum Gasteiger partial charge on any atom is -0.508 e. The highest BCUT2D eigenvalue weighted by Crippen LogP contribution is 2.43. The van der Waals surface area contributed by atoms with Crippen molar-refractivity contribution in [2.24, 2.45) is 5.92 Å². The SMILES string of the molecule is Cc1ccc(N2C(=O)C(C)CN(c3ccc(O)cc3)c3cc(Cl)ccc32)cc1C. The maximum Gasteiger partial charge on any atom is 0.236 e. The van der Waals surface area contributed by atoms with E-state index in [0.29, 0.717) is 11.6 Å². The first kappa shape index (κ1) is 19.3. The van der Waals surface area contributed by atoms with Crippen molar-refractivity contribution in [1.82, 2.24) is 0 Å². The molecule has 1 heterocycles. The summed E-state index contributed by atoms with van der Waals surface area (Å²) in [5, 5.41) is 10.3. The van der Waals surface area contributed by atoms with Crippen molar-refractivity contribution in [2.45, 2.75) is 20.8 Å². The van der Waals surface area contributed by atoms with Crippen molar-refractivity contribution < 1.29 is 9.90 Å². The molecule has 1 atom stereocenters. The van der Waals surface area contributed by atoms with Crippen molar-refractivity contribution in [3.05, 3.63) is 76.8 Å². The molecular weight excluding hydrogens is 384 g/mol. The molecule has 1 unspecified atom stereocenters. The highest BCUT2D eigenvalue weighted by atomic mass is 35.5. The van der Waals surface area contributed by atoms with Gasteiger partial charge in [-0.15, -0.1) is 0 Å². The van der Waals surface area contributed by atoms with E-state index >= 15 is 0 Å². The number of hydrogen-bond donors (Lipinski definition) is 1. The molecule has 0 saturated heterocycles. The van der Waals surface area contributed by atoms with Crippen LogP contribution in [0.1, 0.15) is 18.1 Å². The van der Waals surface area contributed by atoms with E-state index in [1.807, 2.05) is 49.4 Å². The van der Waals surface area contributed by atoms with Crippen LogP contribution in [0.4, 0.5) is 22.7 Å². The zero-order valence-corrected chi connectivity index (χ0v) is 17.4. The number of carbonyl (C=O) groups is 1. The van der Waals surface area contributed by atoms with E-state index in [1.165, 1.54) is 5.56 Å². The molecule has 0 saturated carbocycles. The summed E-state index contributed by atoms with van der Waals surface area (Å²) in [5.41, 5.74) is 5.72. The van der Waals surface area contributed by atoms with Gasteiger partial charge < -0.3 is 10.0 Å². The molecule has 0 fully saturated rings. The van der Waals surface area contributed by atoms with Gasteiger partial charge >= 0.3 is 0 Å². The Bertz CT molecular complexity index is 1080. The van der Waals surface area contributed by atoms with Crippen LogP contribution in [0.25, 0.3) is 0 Å². The molecule has 3 aromatic rings. The molecule has 5 heteroatoms. The van der Waals surface area contributed by atoms with Crippen LogP contribution in [-0.2, 0) is 4.79 Å². The summed E-state index contributed by atoms with van der Waals surface area (Å²) in [5.74, 6) is 0.00506. The first-order valence-corrected chi connectivity index (χ1v) is 10.0. The number of aromatic hydroxyl groups is 1. The third-order valence-electron chi connectivity index (χ3n) is 5.48. The van der Waals surface area contributed by atoms with Crippen molar-refractivity contribution in [2.75, 3.05) is 16.3 Å². The highest BCUT2D eigenvalue weighted by Gasteiger charge is 2.33. The number of amides is 1. The fraction of sp³-hybridized carbons (Fsp3) is 0.208. The zero-order valence-electron chi connectivity index (χ0n) is 16.7. The normalized spacial score (nSPS) is 16.6. The Labute approximate surface area is 176 Å². The fourth-order valence-corrected chi connectivity index (χ4v) is 3.87. The van der Waals surface area contributed by atoms with Crippen LogP contribution in [0.2, 0.25) is 5.02 Å². The first-order chi connectivity index (χ1) is 13.8. The third kappa shape index (κ3) is 3.56. The topological polar surface area (TPSA) is 43.8 Å². The van der Waals surface area contributed by atoms with Gasteiger partial charge in [0.25, 0.3) is 0 Å². The second kappa shape index (κ2) is 7.45.